The number of aliphatic hydroxyl groups excluding tert-OH is 1. The number of ketones is 2. The summed E-state index contributed by atoms with van der Waals surface area (Å²) in [5, 5.41) is 9.67. The molecule has 0 spiro atoms. The zero-order valence-electron chi connectivity index (χ0n) is 20.4. The van der Waals surface area contributed by atoms with E-state index in [9.17, 15) is 14.7 Å². The van der Waals surface area contributed by atoms with Gasteiger partial charge in [0.15, 0.2) is 11.6 Å². The summed E-state index contributed by atoms with van der Waals surface area (Å²) in [6, 6.07) is 8.27. The predicted molar refractivity (Wildman–Crippen MR) is 132 cm³/mol. The van der Waals surface area contributed by atoms with Gasteiger partial charge in [0.05, 0.1) is 7.11 Å². The summed E-state index contributed by atoms with van der Waals surface area (Å²) in [5.41, 5.74) is 6.56. The smallest absolute Gasteiger partial charge is 0.159 e. The highest BCUT2D eigenvalue weighted by atomic mass is 16.5. The molecule has 4 aliphatic rings. The van der Waals surface area contributed by atoms with Crippen LogP contribution in [0.2, 0.25) is 0 Å². The van der Waals surface area contributed by atoms with Gasteiger partial charge in [0.1, 0.15) is 12.4 Å². The molecule has 2 saturated carbocycles. The monoisotopic (exact) mass is 460 g/mol. The number of allylic oxidation sites excluding steroid dienone is 5. The molecule has 0 aliphatic heterocycles. The Labute approximate surface area is 202 Å². The van der Waals surface area contributed by atoms with Crippen molar-refractivity contribution in [2.45, 2.75) is 70.6 Å². The fraction of sp³-hybridized carbons (Fsp3) is 0.533. The van der Waals surface area contributed by atoms with Crippen molar-refractivity contribution in [1.29, 1.82) is 0 Å². The molecule has 0 heterocycles. The third-order valence-electron chi connectivity index (χ3n) is 9.14. The lowest BCUT2D eigenvalue weighted by Gasteiger charge is -2.52. The van der Waals surface area contributed by atoms with Crippen LogP contribution >= 0.6 is 0 Å². The van der Waals surface area contributed by atoms with Gasteiger partial charge < -0.3 is 9.84 Å². The van der Waals surface area contributed by atoms with Crippen LogP contribution in [0.15, 0.2) is 58.9 Å². The summed E-state index contributed by atoms with van der Waals surface area (Å²) >= 11 is 0. The lowest BCUT2D eigenvalue weighted by atomic mass is 9.52. The first-order valence-electron chi connectivity index (χ1n) is 12.9. The molecule has 180 valence electrons. The Morgan fingerprint density at radius 2 is 1.97 bits per heavy atom. The van der Waals surface area contributed by atoms with E-state index < -0.39 is 0 Å². The molecule has 0 saturated heterocycles. The van der Waals surface area contributed by atoms with Gasteiger partial charge in [0.2, 0.25) is 0 Å². The van der Waals surface area contributed by atoms with Crippen LogP contribution in [0.1, 0.15) is 86.6 Å². The molecule has 0 aromatic heterocycles. The highest BCUT2D eigenvalue weighted by Crippen LogP contribution is 2.65. The van der Waals surface area contributed by atoms with E-state index in [-0.39, 0.29) is 23.6 Å². The Kier molecular flexibility index (Phi) is 6.37. The number of methoxy groups -OCH3 is 1. The first kappa shape index (κ1) is 23.3. The van der Waals surface area contributed by atoms with Gasteiger partial charge in [-0.2, -0.15) is 0 Å². The molecule has 34 heavy (non-hydrogen) atoms. The zero-order valence-corrected chi connectivity index (χ0v) is 20.4. The van der Waals surface area contributed by atoms with Crippen molar-refractivity contribution in [3.05, 3.63) is 70.0 Å². The Balaban J connectivity index is 1.61. The van der Waals surface area contributed by atoms with Gasteiger partial charge >= 0.3 is 0 Å². The summed E-state index contributed by atoms with van der Waals surface area (Å²) in [7, 11) is 1.63. The molecule has 5 rings (SSSR count). The van der Waals surface area contributed by atoms with Gasteiger partial charge in [-0.3, -0.25) is 9.59 Å². The molecule has 1 unspecified atom stereocenters. The predicted octanol–water partition coefficient (Wildman–Crippen LogP) is 6.07. The summed E-state index contributed by atoms with van der Waals surface area (Å²) in [6.07, 6.45) is 13.4. The van der Waals surface area contributed by atoms with E-state index >= 15 is 0 Å². The number of aliphatic hydroxyl groups is 1. The molecule has 4 heteroatoms. The first-order valence-corrected chi connectivity index (χ1v) is 12.9. The van der Waals surface area contributed by atoms with Crippen molar-refractivity contribution in [1.82, 2.24) is 0 Å². The molecular formula is C30H36O4. The third kappa shape index (κ3) is 4.00. The van der Waals surface area contributed by atoms with Crippen molar-refractivity contribution < 1.29 is 19.4 Å². The summed E-state index contributed by atoms with van der Waals surface area (Å²) in [5.74, 6) is 2.51. The molecule has 2 fully saturated rings. The molecule has 1 aromatic rings. The van der Waals surface area contributed by atoms with Crippen LogP contribution in [0.4, 0.5) is 0 Å². The fourth-order valence-corrected chi connectivity index (χ4v) is 7.57. The highest BCUT2D eigenvalue weighted by molar-refractivity contribution is 5.94. The minimum atomic E-state index is -0.0614. The lowest BCUT2D eigenvalue weighted by molar-refractivity contribution is -0.114. The molecule has 4 nitrogen and oxygen atoms in total. The number of rotatable bonds is 6. The molecule has 0 bridgehead atoms. The second kappa shape index (κ2) is 9.30. The van der Waals surface area contributed by atoms with Gasteiger partial charge in [0.25, 0.3) is 0 Å². The van der Waals surface area contributed by atoms with Crippen LogP contribution in [0.25, 0.3) is 0 Å². The molecule has 0 amide bonds. The average Bonchev–Trinajstić information content (AvgIpc) is 3.28. The van der Waals surface area contributed by atoms with Gasteiger partial charge in [-0.25, -0.2) is 0 Å². The van der Waals surface area contributed by atoms with E-state index in [1.54, 1.807) is 19.6 Å². The number of hydrogen-bond acceptors (Lipinski definition) is 4. The van der Waals surface area contributed by atoms with Crippen molar-refractivity contribution >= 4 is 11.6 Å². The standard InChI is InChI=1S/C30H36O4/c1-19(32)20-5-7-21(8-6-20)27-17-30(15-13-24(18-31)34-2)14-3-4-28(30)26-11-9-22-16-23(33)10-12-25(22)29(26)27/h5-8,13,16,26-28,31H,3-4,9-12,14-15,17-18H2,1-2H3/t26-,27+,28-,30?/m0/s1. The minimum Gasteiger partial charge on any atom is -0.499 e. The first-order chi connectivity index (χ1) is 16.5. The Hall–Kier alpha value is -2.46. The Morgan fingerprint density at radius 1 is 1.18 bits per heavy atom. The average molecular weight is 461 g/mol. The van der Waals surface area contributed by atoms with E-state index in [2.05, 4.69) is 18.2 Å². The zero-order chi connectivity index (χ0) is 23.9. The van der Waals surface area contributed by atoms with E-state index in [1.807, 2.05) is 18.2 Å². The van der Waals surface area contributed by atoms with Crippen molar-refractivity contribution in [3.8, 4) is 0 Å². The quantitative estimate of drug-likeness (QED) is 0.413. The number of benzene rings is 1. The van der Waals surface area contributed by atoms with E-state index in [0.717, 1.165) is 37.7 Å². The number of fused-ring (bicyclic) bond motifs is 4. The fourth-order valence-electron chi connectivity index (χ4n) is 7.57. The molecular weight excluding hydrogens is 424 g/mol. The van der Waals surface area contributed by atoms with E-state index in [4.69, 9.17) is 4.74 Å². The summed E-state index contributed by atoms with van der Waals surface area (Å²) in [4.78, 5) is 24.1. The third-order valence-corrected chi connectivity index (χ3v) is 9.14. The second-order valence-electron chi connectivity index (χ2n) is 10.7. The maximum Gasteiger partial charge on any atom is 0.159 e. The van der Waals surface area contributed by atoms with Gasteiger partial charge in [-0.1, -0.05) is 36.3 Å². The van der Waals surface area contributed by atoms with Crippen LogP contribution in [-0.2, 0) is 9.53 Å². The molecule has 0 radical (unpaired) electrons. The highest BCUT2D eigenvalue weighted by Gasteiger charge is 2.54. The summed E-state index contributed by atoms with van der Waals surface area (Å²) in [6.45, 7) is 1.56. The van der Waals surface area contributed by atoms with Gasteiger partial charge in [0, 0.05) is 17.9 Å². The number of hydrogen-bond donors (Lipinski definition) is 1. The van der Waals surface area contributed by atoms with Crippen molar-refractivity contribution in [3.63, 3.8) is 0 Å². The lowest BCUT2D eigenvalue weighted by Crippen LogP contribution is -2.42. The van der Waals surface area contributed by atoms with Crippen LogP contribution in [0.5, 0.6) is 0 Å². The molecule has 1 N–H and O–H groups in total. The van der Waals surface area contributed by atoms with Crippen molar-refractivity contribution in [2.24, 2.45) is 17.3 Å². The van der Waals surface area contributed by atoms with Crippen LogP contribution in [0, 0.1) is 17.3 Å². The number of carbonyl (C=O) groups is 2. The number of Topliss-reactive ketones (excluding diaryl/α,β-unsaturated/α-hetero) is 1. The van der Waals surface area contributed by atoms with Gasteiger partial charge in [-0.05, 0) is 98.0 Å². The maximum atomic E-state index is 12.2. The summed E-state index contributed by atoms with van der Waals surface area (Å²) < 4.78 is 5.40. The van der Waals surface area contributed by atoms with Crippen LogP contribution in [-0.4, -0.2) is 30.4 Å². The molecule has 4 aliphatic carbocycles. The van der Waals surface area contributed by atoms with Crippen LogP contribution in [0.3, 0.4) is 0 Å². The molecule has 4 atom stereocenters. The SMILES string of the molecule is COC(=CCC12CCC[C@H]1[C@@H]1CCC3=CC(=O)CCC3=C1[C@@H](c1ccc(C(C)=O)cc1)C2)CO. The Bertz CT molecular complexity index is 1070. The largest absolute Gasteiger partial charge is 0.499 e. The topological polar surface area (TPSA) is 63.6 Å². The molecule has 1 aromatic carbocycles. The van der Waals surface area contributed by atoms with Gasteiger partial charge in [-0.15, -0.1) is 0 Å². The number of carbonyl (C=O) groups excluding carboxylic acids is 2. The van der Waals surface area contributed by atoms with E-state index in [0.29, 0.717) is 29.9 Å². The van der Waals surface area contributed by atoms with Crippen molar-refractivity contribution in [2.75, 3.05) is 13.7 Å². The minimum absolute atomic E-state index is 0.0614. The Morgan fingerprint density at radius 3 is 2.68 bits per heavy atom. The maximum absolute atomic E-state index is 12.2. The van der Waals surface area contributed by atoms with Crippen LogP contribution < -0.4 is 0 Å². The normalized spacial score (nSPS) is 30.9. The second-order valence-corrected chi connectivity index (χ2v) is 10.7. The van der Waals surface area contributed by atoms with E-state index in [1.165, 1.54) is 36.0 Å². The number of ether oxygens (including phenoxy) is 1.